The molecule has 26 heavy (non-hydrogen) atoms. The Morgan fingerprint density at radius 1 is 1.15 bits per heavy atom. The van der Waals surface area contributed by atoms with Crippen LogP contribution in [0.25, 0.3) is 10.2 Å². The van der Waals surface area contributed by atoms with Crippen molar-refractivity contribution in [2.24, 2.45) is 5.92 Å². The van der Waals surface area contributed by atoms with Gasteiger partial charge in [-0.15, -0.1) is 0 Å². The molecule has 4 nitrogen and oxygen atoms in total. The van der Waals surface area contributed by atoms with E-state index in [4.69, 9.17) is 0 Å². The molecule has 1 N–H and O–H groups in total. The molecular weight excluding hydrogens is 356 g/mol. The van der Waals surface area contributed by atoms with E-state index in [2.05, 4.69) is 15.2 Å². The first-order chi connectivity index (χ1) is 12.6. The third-order valence-corrected chi connectivity index (χ3v) is 5.67. The number of hydrogen-bond acceptors (Lipinski definition) is 4. The van der Waals surface area contributed by atoms with Crippen molar-refractivity contribution in [3.05, 3.63) is 54.1 Å². The number of piperidine rings is 1. The standard InChI is InChI=1S/C19H17F2N3OS/c20-13-3-1-4-14(11-13)22-18(25)12-7-9-24(10-8-12)19-23-17-15(21)5-2-6-16(17)26-19/h1-6,11-12H,7-10H2,(H,22,25). The first-order valence-corrected chi connectivity index (χ1v) is 9.28. The Hall–Kier alpha value is -2.54. The average molecular weight is 373 g/mol. The molecule has 0 bridgehead atoms. The summed E-state index contributed by atoms with van der Waals surface area (Å²) in [7, 11) is 0. The second-order valence-electron chi connectivity index (χ2n) is 6.34. The number of nitrogens with zero attached hydrogens (tertiary/aromatic N) is 2. The second-order valence-corrected chi connectivity index (χ2v) is 7.35. The number of nitrogens with one attached hydrogen (secondary N) is 1. The van der Waals surface area contributed by atoms with Crippen molar-refractivity contribution in [3.63, 3.8) is 0 Å². The number of hydrogen-bond donors (Lipinski definition) is 1. The normalized spacial score (nSPS) is 15.4. The summed E-state index contributed by atoms with van der Waals surface area (Å²) in [6.07, 6.45) is 1.36. The maximum atomic E-state index is 13.8. The van der Waals surface area contributed by atoms with E-state index in [9.17, 15) is 13.6 Å². The van der Waals surface area contributed by atoms with Crippen molar-refractivity contribution in [1.29, 1.82) is 0 Å². The molecular formula is C19H17F2N3OS. The van der Waals surface area contributed by atoms with Gasteiger partial charge in [0.1, 0.15) is 17.2 Å². The number of thiazole rings is 1. The number of anilines is 2. The van der Waals surface area contributed by atoms with E-state index in [1.807, 2.05) is 6.07 Å². The highest BCUT2D eigenvalue weighted by Gasteiger charge is 2.26. The number of aromatic nitrogens is 1. The van der Waals surface area contributed by atoms with Gasteiger partial charge >= 0.3 is 0 Å². The number of carbonyl (C=O) groups excluding carboxylic acids is 1. The zero-order chi connectivity index (χ0) is 18.1. The van der Waals surface area contributed by atoms with Gasteiger partial charge in [0, 0.05) is 24.7 Å². The van der Waals surface area contributed by atoms with Crippen molar-refractivity contribution in [1.82, 2.24) is 4.98 Å². The summed E-state index contributed by atoms with van der Waals surface area (Å²) >= 11 is 1.46. The number of fused-ring (bicyclic) bond motifs is 1. The summed E-state index contributed by atoms with van der Waals surface area (Å²) in [5.41, 5.74) is 0.873. The monoisotopic (exact) mass is 373 g/mol. The van der Waals surface area contributed by atoms with Gasteiger partial charge in [-0.25, -0.2) is 13.8 Å². The van der Waals surface area contributed by atoms with Gasteiger partial charge in [0.25, 0.3) is 0 Å². The van der Waals surface area contributed by atoms with Crippen molar-refractivity contribution in [2.75, 3.05) is 23.3 Å². The number of para-hydroxylation sites is 1. The van der Waals surface area contributed by atoms with Crippen LogP contribution < -0.4 is 10.2 Å². The Bertz CT molecular complexity index is 951. The predicted octanol–water partition coefficient (Wildman–Crippen LogP) is 4.43. The van der Waals surface area contributed by atoms with Gasteiger partial charge in [-0.2, -0.15) is 0 Å². The number of amides is 1. The Morgan fingerprint density at radius 2 is 1.92 bits per heavy atom. The molecule has 0 aliphatic carbocycles. The number of carbonyl (C=O) groups is 1. The molecule has 4 rings (SSSR count). The van der Waals surface area contributed by atoms with E-state index >= 15 is 0 Å². The van der Waals surface area contributed by atoms with Crippen LogP contribution in [-0.2, 0) is 4.79 Å². The second kappa shape index (κ2) is 6.99. The van der Waals surface area contributed by atoms with Crippen LogP contribution >= 0.6 is 11.3 Å². The first-order valence-electron chi connectivity index (χ1n) is 8.46. The summed E-state index contributed by atoms with van der Waals surface area (Å²) < 4.78 is 27.9. The van der Waals surface area contributed by atoms with Gasteiger partial charge in [0.2, 0.25) is 5.91 Å². The lowest BCUT2D eigenvalue weighted by Gasteiger charge is -2.31. The van der Waals surface area contributed by atoms with Gasteiger partial charge in [0.05, 0.1) is 4.70 Å². The van der Waals surface area contributed by atoms with E-state index < -0.39 is 0 Å². The van der Waals surface area contributed by atoms with Crippen molar-refractivity contribution in [2.45, 2.75) is 12.8 Å². The smallest absolute Gasteiger partial charge is 0.227 e. The van der Waals surface area contributed by atoms with Crippen LogP contribution in [0, 0.1) is 17.6 Å². The lowest BCUT2D eigenvalue weighted by atomic mass is 9.96. The zero-order valence-corrected chi connectivity index (χ0v) is 14.7. The molecule has 1 aliphatic rings. The fraction of sp³-hybridized carbons (Fsp3) is 0.263. The summed E-state index contributed by atoms with van der Waals surface area (Å²) in [6.45, 7) is 1.37. The summed E-state index contributed by atoms with van der Waals surface area (Å²) in [4.78, 5) is 18.9. The molecule has 0 atom stereocenters. The number of rotatable bonds is 3. The summed E-state index contributed by atoms with van der Waals surface area (Å²) in [5.74, 6) is -0.902. The highest BCUT2D eigenvalue weighted by atomic mass is 32.1. The molecule has 0 spiro atoms. The Morgan fingerprint density at radius 3 is 2.65 bits per heavy atom. The van der Waals surface area contributed by atoms with Crippen molar-refractivity contribution >= 4 is 38.3 Å². The Labute approximate surface area is 153 Å². The Balaban J connectivity index is 1.40. The number of halogens is 2. The maximum absolute atomic E-state index is 13.8. The van der Waals surface area contributed by atoms with E-state index in [0.717, 1.165) is 9.83 Å². The van der Waals surface area contributed by atoms with Crippen LogP contribution in [0.4, 0.5) is 19.6 Å². The molecule has 1 aliphatic heterocycles. The molecule has 0 saturated carbocycles. The highest BCUT2D eigenvalue weighted by molar-refractivity contribution is 7.22. The molecule has 0 unspecified atom stereocenters. The highest BCUT2D eigenvalue weighted by Crippen LogP contribution is 2.32. The van der Waals surface area contributed by atoms with Crippen LogP contribution in [0.3, 0.4) is 0 Å². The molecule has 134 valence electrons. The van der Waals surface area contributed by atoms with Crippen LogP contribution in [0.2, 0.25) is 0 Å². The van der Waals surface area contributed by atoms with Crippen molar-refractivity contribution in [3.8, 4) is 0 Å². The predicted molar refractivity (Wildman–Crippen MR) is 99.5 cm³/mol. The molecule has 0 radical (unpaired) electrons. The minimum absolute atomic E-state index is 0.0920. The minimum atomic E-state index is -0.374. The molecule has 1 aromatic heterocycles. The average Bonchev–Trinajstić information content (AvgIpc) is 3.08. The fourth-order valence-corrected chi connectivity index (χ4v) is 4.21. The fourth-order valence-electron chi connectivity index (χ4n) is 3.18. The third kappa shape index (κ3) is 3.39. The summed E-state index contributed by atoms with van der Waals surface area (Å²) in [6, 6.07) is 10.8. The SMILES string of the molecule is O=C(Nc1cccc(F)c1)C1CCN(c2nc3c(F)cccc3s2)CC1. The molecule has 3 aromatic rings. The largest absolute Gasteiger partial charge is 0.348 e. The molecule has 1 fully saturated rings. The van der Waals surface area contributed by atoms with E-state index in [-0.39, 0.29) is 23.5 Å². The molecule has 7 heteroatoms. The van der Waals surface area contributed by atoms with E-state index in [1.54, 1.807) is 18.2 Å². The van der Waals surface area contributed by atoms with Gasteiger partial charge in [0.15, 0.2) is 5.13 Å². The molecule has 2 heterocycles. The van der Waals surface area contributed by atoms with Crippen LogP contribution in [0.5, 0.6) is 0 Å². The summed E-state index contributed by atoms with van der Waals surface area (Å²) in [5, 5.41) is 3.56. The first kappa shape index (κ1) is 16.9. The molecule has 1 saturated heterocycles. The molecule has 1 amide bonds. The number of benzene rings is 2. The lowest BCUT2D eigenvalue weighted by Crippen LogP contribution is -2.38. The van der Waals surface area contributed by atoms with Gasteiger partial charge in [-0.3, -0.25) is 4.79 Å². The Kier molecular flexibility index (Phi) is 4.55. The van der Waals surface area contributed by atoms with Crippen molar-refractivity contribution < 1.29 is 13.6 Å². The van der Waals surface area contributed by atoms with Crippen LogP contribution in [-0.4, -0.2) is 24.0 Å². The van der Waals surface area contributed by atoms with Gasteiger partial charge in [-0.1, -0.05) is 23.5 Å². The quantitative estimate of drug-likeness (QED) is 0.739. The molecule has 2 aromatic carbocycles. The van der Waals surface area contributed by atoms with Gasteiger partial charge < -0.3 is 10.2 Å². The lowest BCUT2D eigenvalue weighted by molar-refractivity contribution is -0.120. The van der Waals surface area contributed by atoms with Crippen LogP contribution in [0.1, 0.15) is 12.8 Å². The maximum Gasteiger partial charge on any atom is 0.227 e. The van der Waals surface area contributed by atoms with Crippen LogP contribution in [0.15, 0.2) is 42.5 Å². The third-order valence-electron chi connectivity index (χ3n) is 4.59. The minimum Gasteiger partial charge on any atom is -0.348 e. The topological polar surface area (TPSA) is 45.2 Å². The van der Waals surface area contributed by atoms with E-state index in [0.29, 0.717) is 37.1 Å². The zero-order valence-electron chi connectivity index (χ0n) is 13.9. The van der Waals surface area contributed by atoms with Gasteiger partial charge in [-0.05, 0) is 43.2 Å². The van der Waals surface area contributed by atoms with E-state index in [1.165, 1.54) is 29.5 Å².